The largest absolute Gasteiger partial charge is 0.468 e. The number of hydrogen-bond donors (Lipinski definition) is 3. The van der Waals surface area contributed by atoms with Crippen LogP contribution in [0.5, 0.6) is 0 Å². The van der Waals surface area contributed by atoms with Crippen LogP contribution in [0.2, 0.25) is 0 Å². The van der Waals surface area contributed by atoms with Gasteiger partial charge < -0.3 is 23.9 Å². The average Bonchev–Trinajstić information content (AvgIpc) is 4.01. The van der Waals surface area contributed by atoms with Gasteiger partial charge in [0.1, 0.15) is 11.0 Å². The van der Waals surface area contributed by atoms with E-state index in [4.69, 9.17) is 40.4 Å². The number of likely N-dealkylation sites (N-methyl/N-ethyl adjacent to an activating group) is 1. The van der Waals surface area contributed by atoms with Crippen molar-refractivity contribution in [2.24, 2.45) is 34.5 Å². The Labute approximate surface area is 354 Å². The molecule has 13 atom stereocenters. The Morgan fingerprint density at radius 2 is 1.65 bits per heavy atom. The molecule has 60 heavy (non-hydrogen) atoms. The summed E-state index contributed by atoms with van der Waals surface area (Å²) < 4.78 is 24.8. The number of rotatable bonds is 9. The van der Waals surface area contributed by atoms with Gasteiger partial charge >= 0.3 is 17.9 Å². The first-order valence-corrected chi connectivity index (χ1v) is 22.6. The van der Waals surface area contributed by atoms with E-state index in [-0.39, 0.29) is 42.0 Å². The topological polar surface area (TPSA) is 184 Å². The number of aryl methyl sites for hydroxylation is 1. The van der Waals surface area contributed by atoms with Gasteiger partial charge in [-0.25, -0.2) is 16.6 Å². The number of esters is 3. The van der Waals surface area contributed by atoms with Gasteiger partial charge in [0.05, 0.1) is 26.4 Å². The smallest absolute Gasteiger partial charge is 0.345 e. The highest BCUT2D eigenvalue weighted by molar-refractivity contribution is 5.85. The molecule has 0 amide bonds. The van der Waals surface area contributed by atoms with Crippen molar-refractivity contribution in [2.75, 3.05) is 54.6 Å². The molecule has 3 saturated heterocycles. The molecule has 1 aromatic rings. The zero-order valence-electron chi connectivity index (χ0n) is 36.8. The van der Waals surface area contributed by atoms with Gasteiger partial charge in [-0.05, 0) is 108 Å². The van der Waals surface area contributed by atoms with Crippen LogP contribution >= 0.6 is 0 Å². The molecule has 15 heteroatoms. The average molecular weight is 837 g/mol. The number of likely N-dealkylation sites (tertiary alicyclic amines) is 1. The van der Waals surface area contributed by atoms with Crippen LogP contribution in [-0.2, 0) is 67.7 Å². The first-order chi connectivity index (χ1) is 28.9. The lowest BCUT2D eigenvalue weighted by Gasteiger charge is -2.65. The highest BCUT2D eigenvalue weighted by Gasteiger charge is 2.84. The molecule has 4 unspecified atom stereocenters. The van der Waals surface area contributed by atoms with Gasteiger partial charge in [-0.2, -0.15) is 0 Å². The molecule has 0 bridgehead atoms. The molecule has 2 saturated carbocycles. The quantitative estimate of drug-likeness (QED) is 0.143. The maximum Gasteiger partial charge on any atom is 0.345 e. The Morgan fingerprint density at radius 3 is 2.32 bits per heavy atom. The zero-order valence-corrected chi connectivity index (χ0v) is 36.8. The lowest BCUT2D eigenvalue weighted by atomic mass is 9.44. The number of carbonyl (C=O) groups excluding carboxylic acids is 3. The second kappa shape index (κ2) is 15.1. The third-order valence-corrected chi connectivity index (χ3v) is 17.9. The van der Waals surface area contributed by atoms with Crippen LogP contribution in [0, 0.1) is 22.7 Å². The fourth-order valence-corrected chi connectivity index (χ4v) is 15.8. The van der Waals surface area contributed by atoms with E-state index >= 15 is 4.79 Å². The SMILES string of the molecule is CC[C@]1(ON)C[C@@H]2C[C@](C(=O)OC)(C3CC4C(CC3OC)N(C)[C@H]3[C@@](ON)(C(=O)OC)[C@H](OC(C)=O)[C@]5(CC)C=CCN6CC[C@]43[C@@H]65)c3[nH]c4c(c3CCN2C1)CCCC4. The Hall–Kier alpha value is -2.89. The maximum absolute atomic E-state index is 15.5. The molecule has 332 valence electrons. The van der Waals surface area contributed by atoms with Crippen LogP contribution in [0.4, 0.5) is 0 Å². The molecule has 15 nitrogen and oxygen atoms in total. The van der Waals surface area contributed by atoms with Gasteiger partial charge in [0.25, 0.3) is 0 Å². The third-order valence-electron chi connectivity index (χ3n) is 17.9. The number of H-pyrrole nitrogens is 1. The molecule has 8 aliphatic rings. The van der Waals surface area contributed by atoms with Crippen LogP contribution in [0.1, 0.15) is 101 Å². The van der Waals surface area contributed by atoms with Crippen LogP contribution in [0.3, 0.4) is 0 Å². The minimum absolute atomic E-state index is 0.00319. The van der Waals surface area contributed by atoms with Crippen molar-refractivity contribution in [2.45, 2.75) is 151 Å². The van der Waals surface area contributed by atoms with Gasteiger partial charge in [0.2, 0.25) is 5.60 Å². The van der Waals surface area contributed by atoms with E-state index in [2.05, 4.69) is 52.7 Å². The van der Waals surface area contributed by atoms with E-state index in [1.165, 1.54) is 38.0 Å². The maximum atomic E-state index is 15.5. The minimum atomic E-state index is -1.86. The Balaban J connectivity index is 1.27. The van der Waals surface area contributed by atoms with Gasteiger partial charge in [0, 0.05) is 79.9 Å². The van der Waals surface area contributed by atoms with Crippen molar-refractivity contribution >= 4 is 17.9 Å². The summed E-state index contributed by atoms with van der Waals surface area (Å²) in [5.74, 6) is 10.8. The van der Waals surface area contributed by atoms with Crippen LogP contribution in [-0.4, -0.2) is 140 Å². The normalized spacial score (nSPS) is 43.4. The second-order valence-corrected chi connectivity index (χ2v) is 19.7. The van der Waals surface area contributed by atoms with Crippen molar-refractivity contribution in [1.82, 2.24) is 19.7 Å². The van der Waals surface area contributed by atoms with Crippen LogP contribution in [0.25, 0.3) is 0 Å². The summed E-state index contributed by atoms with van der Waals surface area (Å²) in [6.07, 6.45) is 12.4. The molecule has 6 heterocycles. The summed E-state index contributed by atoms with van der Waals surface area (Å²) in [6, 6.07) is -0.844. The van der Waals surface area contributed by atoms with Gasteiger partial charge in [0.15, 0.2) is 6.10 Å². The number of aromatic amines is 1. The van der Waals surface area contributed by atoms with E-state index in [9.17, 15) is 9.59 Å². The number of carbonyl (C=O) groups is 3. The zero-order chi connectivity index (χ0) is 42.6. The van der Waals surface area contributed by atoms with E-state index in [0.717, 1.165) is 70.3 Å². The molecular weight excluding hydrogens is 769 g/mol. The summed E-state index contributed by atoms with van der Waals surface area (Å²) in [7, 11) is 6.70. The number of nitrogens with two attached hydrogens (primary N) is 2. The number of nitrogens with one attached hydrogen (secondary N) is 1. The number of ether oxygens (including phenoxy) is 4. The van der Waals surface area contributed by atoms with E-state index in [1.807, 2.05) is 0 Å². The molecular formula is C45H68N6O9. The fraction of sp³-hybridized carbons (Fsp3) is 0.800. The van der Waals surface area contributed by atoms with Crippen molar-refractivity contribution in [3.63, 3.8) is 0 Å². The first-order valence-electron chi connectivity index (χ1n) is 22.6. The summed E-state index contributed by atoms with van der Waals surface area (Å²) in [6.45, 7) is 8.67. The van der Waals surface area contributed by atoms with Crippen molar-refractivity contribution in [1.29, 1.82) is 0 Å². The highest BCUT2D eigenvalue weighted by atomic mass is 16.7. The van der Waals surface area contributed by atoms with Crippen molar-refractivity contribution < 1.29 is 43.0 Å². The number of methoxy groups -OCH3 is 3. The third kappa shape index (κ3) is 5.38. The van der Waals surface area contributed by atoms with Gasteiger partial charge in [-0.15, -0.1) is 0 Å². The summed E-state index contributed by atoms with van der Waals surface area (Å²) in [4.78, 5) is 66.7. The second-order valence-electron chi connectivity index (χ2n) is 19.7. The summed E-state index contributed by atoms with van der Waals surface area (Å²) in [5, 5.41) is 0. The molecule has 5 fully saturated rings. The number of nitrogens with zero attached hydrogens (tertiary/aromatic N) is 3. The Morgan fingerprint density at radius 1 is 0.883 bits per heavy atom. The monoisotopic (exact) mass is 837 g/mol. The lowest BCUT2D eigenvalue weighted by Crippen LogP contribution is -2.81. The lowest BCUT2D eigenvalue weighted by molar-refractivity contribution is -0.265. The van der Waals surface area contributed by atoms with Crippen LogP contribution in [0.15, 0.2) is 12.2 Å². The van der Waals surface area contributed by atoms with E-state index in [0.29, 0.717) is 38.6 Å². The first kappa shape index (κ1) is 42.4. The molecule has 0 radical (unpaired) electrons. The molecule has 1 spiro atoms. The minimum Gasteiger partial charge on any atom is -0.468 e. The molecule has 5 aliphatic heterocycles. The standard InChI is InChI=1S/C45H68N6O9/c1-8-41(59-46)23-27-24-44(39(53)56-6,35-29(15-19-51(27)25-41)28-13-10-11-14-32(28)48-35)31-21-30-33(22-34(31)55-5)49(4)37-43(30)17-20-50-18-12-16-42(9-2,36(43)50)38(58-26(3)52)45(37,60-47)40(54)57-7/h12,16,27,30-31,33-34,36-38,48H,8-11,13-15,17-25,46-47H2,1-7H3/t27-,30?,31?,33?,34?,36+,37-,38-,41+,42-,43-,44+,45+/m1/s1. The number of aromatic nitrogens is 1. The van der Waals surface area contributed by atoms with Crippen LogP contribution < -0.4 is 11.8 Å². The van der Waals surface area contributed by atoms with Crippen molar-refractivity contribution in [3.05, 3.63) is 34.7 Å². The van der Waals surface area contributed by atoms with Gasteiger partial charge in [-0.1, -0.05) is 26.0 Å². The van der Waals surface area contributed by atoms with Gasteiger partial charge in [-0.3, -0.25) is 34.0 Å². The van der Waals surface area contributed by atoms with E-state index < -0.39 is 51.5 Å². The Bertz CT molecular complexity index is 1900. The molecule has 1 aromatic heterocycles. The van der Waals surface area contributed by atoms with E-state index in [1.54, 1.807) is 7.11 Å². The predicted molar refractivity (Wildman–Crippen MR) is 220 cm³/mol. The predicted octanol–water partition coefficient (Wildman–Crippen LogP) is 2.86. The highest BCUT2D eigenvalue weighted by Crippen LogP contribution is 2.72. The molecule has 3 aliphatic carbocycles. The molecule has 9 rings (SSSR count). The van der Waals surface area contributed by atoms with Crippen molar-refractivity contribution in [3.8, 4) is 0 Å². The Kier molecular flexibility index (Phi) is 10.7. The summed E-state index contributed by atoms with van der Waals surface area (Å²) >= 11 is 0. The molecule has 5 N–H and O–H groups in total. The fourth-order valence-electron chi connectivity index (χ4n) is 15.8. The summed E-state index contributed by atoms with van der Waals surface area (Å²) in [5.41, 5.74) is -0.0578. The number of fused-ring (bicyclic) bond motifs is 5. The molecule has 0 aromatic carbocycles. The number of hydrogen-bond acceptors (Lipinski definition) is 14.